The zero-order valence-electron chi connectivity index (χ0n) is 39.3. The van der Waals surface area contributed by atoms with E-state index in [2.05, 4.69) is 21.3 Å². The third-order valence-electron chi connectivity index (χ3n) is 12.7. The predicted molar refractivity (Wildman–Crippen MR) is 253 cm³/mol. The van der Waals surface area contributed by atoms with Crippen LogP contribution in [0.3, 0.4) is 0 Å². The van der Waals surface area contributed by atoms with Crippen molar-refractivity contribution in [2.75, 3.05) is 32.1 Å². The van der Waals surface area contributed by atoms with Gasteiger partial charge in [-0.25, -0.2) is 23.9 Å². The fraction of sp³-hybridized carbons (Fsp3) is 0.587. The summed E-state index contributed by atoms with van der Waals surface area (Å²) in [6, 6.07) is 2.32. The molecular formula is C46H63N9O10S2. The van der Waals surface area contributed by atoms with Crippen molar-refractivity contribution in [2.45, 2.75) is 135 Å². The van der Waals surface area contributed by atoms with Crippen molar-refractivity contribution in [3.8, 4) is 22.9 Å². The number of benzene rings is 1. The van der Waals surface area contributed by atoms with E-state index in [0.29, 0.717) is 58.2 Å². The summed E-state index contributed by atoms with van der Waals surface area (Å²) in [4.78, 5) is 81.2. The molecule has 2 aromatic heterocycles. The van der Waals surface area contributed by atoms with E-state index in [1.807, 2.05) is 37.4 Å². The maximum Gasteiger partial charge on any atom is 0.330 e. The minimum absolute atomic E-state index is 0.0144. The van der Waals surface area contributed by atoms with Crippen LogP contribution in [0.4, 0.5) is 9.93 Å². The number of fused-ring (bicyclic) bond motifs is 3. The number of urea groups is 1. The second kappa shape index (κ2) is 19.6. The van der Waals surface area contributed by atoms with Gasteiger partial charge < -0.3 is 40.7 Å². The van der Waals surface area contributed by atoms with Gasteiger partial charge in [0.05, 0.1) is 31.4 Å². The van der Waals surface area contributed by atoms with E-state index in [1.165, 1.54) is 20.5 Å². The molecule has 1 unspecified atom stereocenters. The SMILES string of the molecule is COc1ccc2c(O[C@@H]3C[C@H]4C(=O)N[C@]5(C(=O)O)CC5/C=C\CCCCC[C@H](NC(=O)N[C@H](C(=O)N5CCN(C(C)C)S5(=O)=O)C(C)(C)C)C(=O)N4C3)cc(-c3csc(NC(C)C)n3)nc2c1. The van der Waals surface area contributed by atoms with Crippen molar-refractivity contribution in [1.29, 1.82) is 0 Å². The number of amides is 5. The predicted octanol–water partition coefficient (Wildman–Crippen LogP) is 4.90. The number of hydrogen-bond donors (Lipinski definition) is 5. The minimum Gasteiger partial charge on any atom is -0.497 e. The van der Waals surface area contributed by atoms with Gasteiger partial charge in [-0.15, -0.1) is 11.3 Å². The highest BCUT2D eigenvalue weighted by Crippen LogP contribution is 2.46. The van der Waals surface area contributed by atoms with E-state index in [0.717, 1.165) is 10.7 Å². The number of rotatable bonds is 11. The number of ether oxygens (including phenoxy) is 2. The van der Waals surface area contributed by atoms with Crippen LogP contribution in [0, 0.1) is 11.3 Å². The normalized spacial score (nSPS) is 25.6. The zero-order valence-corrected chi connectivity index (χ0v) is 41.0. The maximum absolute atomic E-state index is 15.0. The maximum atomic E-state index is 15.0. The lowest BCUT2D eigenvalue weighted by Crippen LogP contribution is -2.60. The van der Waals surface area contributed by atoms with Crippen LogP contribution < -0.4 is 30.7 Å². The van der Waals surface area contributed by atoms with E-state index < -0.39 is 81.0 Å². The highest BCUT2D eigenvalue weighted by Gasteiger charge is 2.61. The number of hydrogen-bond acceptors (Lipinski definition) is 13. The molecule has 0 radical (unpaired) electrons. The highest BCUT2D eigenvalue weighted by atomic mass is 32.2. The van der Waals surface area contributed by atoms with Gasteiger partial charge in [-0.3, -0.25) is 14.4 Å². The first kappa shape index (κ1) is 49.4. The second-order valence-electron chi connectivity index (χ2n) is 19.4. The Morgan fingerprint density at radius 3 is 2.46 bits per heavy atom. The van der Waals surface area contributed by atoms with Gasteiger partial charge in [0.2, 0.25) is 11.8 Å². The number of carbonyl (C=O) groups is 5. The Morgan fingerprint density at radius 1 is 1.03 bits per heavy atom. The zero-order chi connectivity index (χ0) is 48.6. The number of anilines is 1. The lowest BCUT2D eigenvalue weighted by atomic mass is 9.86. The first-order valence-electron chi connectivity index (χ1n) is 22.9. The Morgan fingerprint density at radius 2 is 1.79 bits per heavy atom. The van der Waals surface area contributed by atoms with E-state index in [9.17, 15) is 37.5 Å². The van der Waals surface area contributed by atoms with Gasteiger partial charge >= 0.3 is 22.2 Å². The van der Waals surface area contributed by atoms with Crippen LogP contribution in [-0.2, 0) is 29.4 Å². The number of allylic oxidation sites excluding steroid dienone is 1. The van der Waals surface area contributed by atoms with E-state index in [-0.39, 0.29) is 51.0 Å². The fourth-order valence-corrected chi connectivity index (χ4v) is 11.6. The average molecular weight is 966 g/mol. The first-order chi connectivity index (χ1) is 31.6. The number of aliphatic carboxylic acids is 1. The molecule has 3 aromatic rings. The summed E-state index contributed by atoms with van der Waals surface area (Å²) in [6.07, 6.45) is 5.89. The number of aromatic nitrogens is 2. The molecule has 1 aliphatic carbocycles. The van der Waals surface area contributed by atoms with E-state index in [1.54, 1.807) is 59.9 Å². The van der Waals surface area contributed by atoms with Crippen molar-refractivity contribution < 1.29 is 47.0 Å². The molecule has 3 fully saturated rings. The molecule has 364 valence electrons. The Kier molecular flexibility index (Phi) is 14.4. The molecule has 7 rings (SSSR count). The standard InChI is InChI=1S/C46H63N9O10S2/c1-26(2)47-44-50-35(25-66-44)34-22-37(31-17-16-29(64-8)20-33(31)48-34)65-30-21-36-39(56)52-46(42(59)60)23-28(46)14-12-10-9-11-13-15-32(40(57)53(36)24-30)49-43(61)51-38(45(5,6)7)41(58)55-19-18-54(27(3)4)67(55,62)63/h12,14,16-17,20,22,25-28,30,32,36,38H,9-11,13,15,18-19,21,23-24H2,1-8H3,(H,47,50)(H,52,56)(H,59,60)(H2,49,51,61)/b14-12-/t28?,30-,32+,36+,38-,46-/m1/s1. The molecule has 5 heterocycles. The summed E-state index contributed by atoms with van der Waals surface area (Å²) < 4.78 is 41.1. The van der Waals surface area contributed by atoms with Crippen LogP contribution in [0.2, 0.25) is 0 Å². The van der Waals surface area contributed by atoms with Gasteiger partial charge in [-0.2, -0.15) is 12.7 Å². The van der Waals surface area contributed by atoms with Crippen LogP contribution in [0.1, 0.15) is 93.4 Å². The summed E-state index contributed by atoms with van der Waals surface area (Å²) in [5.74, 6) is -2.71. The smallest absolute Gasteiger partial charge is 0.330 e. The quantitative estimate of drug-likeness (QED) is 0.161. The lowest BCUT2D eigenvalue weighted by Gasteiger charge is -2.34. The van der Waals surface area contributed by atoms with Crippen LogP contribution in [-0.4, -0.2) is 135 Å². The topological polar surface area (TPSA) is 242 Å². The molecule has 5 amide bonds. The Labute approximate surface area is 395 Å². The molecular weight excluding hydrogens is 903 g/mol. The van der Waals surface area contributed by atoms with Crippen molar-refractivity contribution >= 4 is 67.3 Å². The molecule has 2 saturated heterocycles. The molecule has 0 bridgehead atoms. The van der Waals surface area contributed by atoms with Crippen LogP contribution in [0.15, 0.2) is 41.8 Å². The first-order valence-corrected chi connectivity index (χ1v) is 25.2. The Hall–Kier alpha value is -5.54. The van der Waals surface area contributed by atoms with Crippen molar-refractivity contribution in [2.24, 2.45) is 11.3 Å². The molecule has 19 nitrogen and oxygen atoms in total. The number of nitrogens with one attached hydrogen (secondary N) is 4. The summed E-state index contributed by atoms with van der Waals surface area (Å²) in [5, 5.41) is 25.2. The van der Waals surface area contributed by atoms with Crippen molar-refractivity contribution in [3.63, 3.8) is 0 Å². The largest absolute Gasteiger partial charge is 0.497 e. The van der Waals surface area contributed by atoms with Crippen molar-refractivity contribution in [1.82, 2.24) is 39.4 Å². The van der Waals surface area contributed by atoms with E-state index >= 15 is 0 Å². The minimum atomic E-state index is -4.14. The summed E-state index contributed by atoms with van der Waals surface area (Å²) in [5.41, 5.74) is -0.825. The van der Waals surface area contributed by atoms with Gasteiger partial charge in [0.15, 0.2) is 5.13 Å². The molecule has 5 N–H and O–H groups in total. The number of thiazole rings is 1. The molecule has 4 aliphatic rings. The second-order valence-corrected chi connectivity index (χ2v) is 22.1. The Balaban J connectivity index is 1.20. The number of methoxy groups -OCH3 is 1. The summed E-state index contributed by atoms with van der Waals surface area (Å²) in [7, 11) is -2.59. The van der Waals surface area contributed by atoms with Crippen LogP contribution in [0.25, 0.3) is 22.3 Å². The van der Waals surface area contributed by atoms with E-state index in [4.69, 9.17) is 19.4 Å². The van der Waals surface area contributed by atoms with Gasteiger partial charge in [-0.1, -0.05) is 45.8 Å². The van der Waals surface area contributed by atoms with Gasteiger partial charge in [-0.05, 0) is 70.9 Å². The molecule has 21 heteroatoms. The number of carbonyl (C=O) groups excluding carboxylic acids is 4. The fourth-order valence-electron chi connectivity index (χ4n) is 8.98. The number of carboxylic acid groups (broad SMARTS) is 1. The van der Waals surface area contributed by atoms with Gasteiger partial charge in [0.25, 0.3) is 5.91 Å². The molecule has 67 heavy (non-hydrogen) atoms. The summed E-state index contributed by atoms with van der Waals surface area (Å²) >= 11 is 1.43. The number of carboxylic acids is 1. The molecule has 1 saturated carbocycles. The summed E-state index contributed by atoms with van der Waals surface area (Å²) in [6.45, 7) is 12.5. The highest BCUT2D eigenvalue weighted by molar-refractivity contribution is 7.87. The average Bonchev–Trinajstić information content (AvgIpc) is 3.52. The van der Waals surface area contributed by atoms with Gasteiger partial charge in [0.1, 0.15) is 47.0 Å². The van der Waals surface area contributed by atoms with Crippen molar-refractivity contribution in [3.05, 3.63) is 41.8 Å². The monoisotopic (exact) mass is 965 g/mol. The van der Waals surface area contributed by atoms with Crippen LogP contribution in [0.5, 0.6) is 11.5 Å². The number of pyridine rings is 1. The molecule has 0 spiro atoms. The molecule has 1 aromatic carbocycles. The number of nitrogens with zero attached hydrogens (tertiary/aromatic N) is 5. The molecule has 3 aliphatic heterocycles. The third kappa shape index (κ3) is 10.6. The lowest BCUT2D eigenvalue weighted by molar-refractivity contribution is -0.145. The Bertz CT molecular complexity index is 2520. The third-order valence-corrected chi connectivity index (χ3v) is 15.6. The van der Waals surface area contributed by atoms with Gasteiger partial charge in [0, 0.05) is 53.9 Å². The molecule has 6 atom stereocenters. The van der Waals surface area contributed by atoms with Crippen LogP contribution >= 0.6 is 11.3 Å².